The van der Waals surface area contributed by atoms with E-state index in [0.717, 1.165) is 31.4 Å². The zero-order valence-corrected chi connectivity index (χ0v) is 20.1. The van der Waals surface area contributed by atoms with Crippen LogP contribution in [0.25, 0.3) is 11.1 Å². The molecule has 0 radical (unpaired) electrons. The van der Waals surface area contributed by atoms with Gasteiger partial charge in [0.1, 0.15) is 17.6 Å². The average molecular weight is 480 g/mol. The number of halogens is 1. The molecule has 3 aromatic heterocycles. The number of H-pyrrole nitrogens is 1. The fourth-order valence-electron chi connectivity index (χ4n) is 5.06. The Balaban J connectivity index is 1.38. The number of aryl methyl sites for hydroxylation is 3. The van der Waals surface area contributed by atoms with Gasteiger partial charge in [-0.1, -0.05) is 0 Å². The normalized spacial score (nSPS) is 16.4. The zero-order chi connectivity index (χ0) is 24.7. The van der Waals surface area contributed by atoms with Crippen LogP contribution in [0.5, 0.6) is 0 Å². The van der Waals surface area contributed by atoms with Gasteiger partial charge < -0.3 is 10.6 Å². The van der Waals surface area contributed by atoms with Gasteiger partial charge in [-0.15, -0.1) is 0 Å². The predicted molar refractivity (Wildman–Crippen MR) is 128 cm³/mol. The molecule has 0 bridgehead atoms. The Labute approximate surface area is 202 Å². The summed E-state index contributed by atoms with van der Waals surface area (Å²) in [4.78, 5) is 30.6. The summed E-state index contributed by atoms with van der Waals surface area (Å²) >= 11 is 0. The number of carbonyl (C=O) groups excluding carboxylic acids is 2. The Bertz CT molecular complexity index is 1230. The lowest BCUT2D eigenvalue weighted by molar-refractivity contribution is -0.119. The van der Waals surface area contributed by atoms with Crippen LogP contribution >= 0.6 is 0 Å². The first-order chi connectivity index (χ1) is 16.9. The molecule has 1 atom stereocenters. The number of aromatic amines is 1. The van der Waals surface area contributed by atoms with Gasteiger partial charge in [-0.05, 0) is 82.4 Å². The molecule has 35 heavy (non-hydrogen) atoms. The van der Waals surface area contributed by atoms with Crippen molar-refractivity contribution in [3.8, 4) is 11.1 Å². The molecule has 0 aliphatic heterocycles. The van der Waals surface area contributed by atoms with E-state index in [1.54, 1.807) is 36.0 Å². The standard InChI is InChI=1S/C25H30FN7O2/c1-4-33-18(11-12-27-33)24(34)30-22(21(15-5-6-15)16-7-8-16)25(35)29-19-10-9-17(23(26)28-19)20-13(2)31-32-14(20)3/h9-12,15-16,21-22H,4-8H2,1-3H3,(H,30,34)(H,31,32)(H,28,29,35)/t22-/m1/s1. The van der Waals surface area contributed by atoms with Crippen molar-refractivity contribution in [3.63, 3.8) is 0 Å². The topological polar surface area (TPSA) is 118 Å². The first-order valence-corrected chi connectivity index (χ1v) is 12.2. The monoisotopic (exact) mass is 479 g/mol. The summed E-state index contributed by atoms with van der Waals surface area (Å²) in [6.45, 7) is 6.06. The quantitative estimate of drug-likeness (QED) is 0.405. The summed E-state index contributed by atoms with van der Waals surface area (Å²) in [6.07, 6.45) is 5.79. The third kappa shape index (κ3) is 4.69. The highest BCUT2D eigenvalue weighted by Crippen LogP contribution is 2.51. The molecule has 0 unspecified atom stereocenters. The second-order valence-electron chi connectivity index (χ2n) is 9.57. The minimum atomic E-state index is -0.731. The summed E-state index contributed by atoms with van der Waals surface area (Å²) in [5, 5.41) is 16.9. The van der Waals surface area contributed by atoms with Crippen LogP contribution in [-0.2, 0) is 11.3 Å². The van der Waals surface area contributed by atoms with Crippen LogP contribution in [0, 0.1) is 37.5 Å². The minimum Gasteiger partial charge on any atom is -0.339 e. The van der Waals surface area contributed by atoms with E-state index in [1.807, 2.05) is 13.8 Å². The van der Waals surface area contributed by atoms with E-state index >= 15 is 0 Å². The number of rotatable bonds is 9. The Morgan fingerprint density at radius 1 is 1.17 bits per heavy atom. The molecule has 0 saturated heterocycles. The Morgan fingerprint density at radius 2 is 1.89 bits per heavy atom. The maximum atomic E-state index is 15.0. The second-order valence-corrected chi connectivity index (χ2v) is 9.57. The molecule has 0 aromatic carbocycles. The average Bonchev–Trinajstić information content (AvgIpc) is 3.76. The van der Waals surface area contributed by atoms with Gasteiger partial charge in [-0.2, -0.15) is 14.6 Å². The van der Waals surface area contributed by atoms with Crippen molar-refractivity contribution < 1.29 is 14.0 Å². The van der Waals surface area contributed by atoms with Gasteiger partial charge in [0.15, 0.2) is 0 Å². The summed E-state index contributed by atoms with van der Waals surface area (Å²) in [7, 11) is 0. The predicted octanol–water partition coefficient (Wildman–Crippen LogP) is 3.62. The van der Waals surface area contributed by atoms with Gasteiger partial charge in [-0.3, -0.25) is 19.4 Å². The first-order valence-electron chi connectivity index (χ1n) is 12.2. The second kappa shape index (κ2) is 9.24. The summed E-state index contributed by atoms with van der Waals surface area (Å²) < 4.78 is 16.6. The van der Waals surface area contributed by atoms with E-state index in [1.165, 1.54) is 0 Å². The van der Waals surface area contributed by atoms with Crippen LogP contribution in [0.15, 0.2) is 24.4 Å². The Hall–Kier alpha value is -3.56. The van der Waals surface area contributed by atoms with Gasteiger partial charge in [0, 0.05) is 29.6 Å². The number of amides is 2. The van der Waals surface area contributed by atoms with Crippen LogP contribution in [0.4, 0.5) is 10.2 Å². The number of hydrogen-bond acceptors (Lipinski definition) is 5. The van der Waals surface area contributed by atoms with Crippen molar-refractivity contribution in [1.29, 1.82) is 0 Å². The van der Waals surface area contributed by atoms with Crippen LogP contribution in [0.1, 0.15) is 54.5 Å². The molecule has 2 fully saturated rings. The number of aromatic nitrogens is 5. The molecule has 2 amide bonds. The van der Waals surface area contributed by atoms with Crippen LogP contribution < -0.4 is 10.6 Å². The van der Waals surface area contributed by atoms with E-state index in [4.69, 9.17) is 0 Å². The molecule has 3 aromatic rings. The SMILES string of the molecule is CCn1nccc1C(=O)N[C@@H](C(=O)Nc1ccc(-c2c(C)n[nH]c2C)c(F)n1)C(C1CC1)C1CC1. The number of carbonyl (C=O) groups is 2. The minimum absolute atomic E-state index is 0.0531. The summed E-state index contributed by atoms with van der Waals surface area (Å²) in [6, 6.07) is 4.09. The van der Waals surface area contributed by atoms with Crippen LogP contribution in [0.2, 0.25) is 0 Å². The van der Waals surface area contributed by atoms with Crippen molar-refractivity contribution in [2.24, 2.45) is 17.8 Å². The lowest BCUT2D eigenvalue weighted by atomic mass is 9.88. The largest absolute Gasteiger partial charge is 0.339 e. The number of nitrogens with zero attached hydrogens (tertiary/aromatic N) is 4. The molecule has 2 aliphatic rings. The third-order valence-corrected chi connectivity index (χ3v) is 7.03. The van der Waals surface area contributed by atoms with E-state index < -0.39 is 12.0 Å². The van der Waals surface area contributed by atoms with Gasteiger partial charge in [0.05, 0.1) is 5.69 Å². The molecule has 2 saturated carbocycles. The highest BCUT2D eigenvalue weighted by atomic mass is 19.1. The maximum absolute atomic E-state index is 15.0. The van der Waals surface area contributed by atoms with Crippen LogP contribution in [0.3, 0.4) is 0 Å². The molecule has 2 aliphatic carbocycles. The van der Waals surface area contributed by atoms with Crippen molar-refractivity contribution >= 4 is 17.6 Å². The molecular weight excluding hydrogens is 449 g/mol. The lowest BCUT2D eigenvalue weighted by Crippen LogP contribution is -2.50. The molecule has 10 heteroatoms. The number of pyridine rings is 1. The van der Waals surface area contributed by atoms with Crippen molar-refractivity contribution in [1.82, 2.24) is 30.3 Å². The molecule has 3 heterocycles. The van der Waals surface area contributed by atoms with Gasteiger partial charge in [-0.25, -0.2) is 4.98 Å². The first kappa shape index (κ1) is 23.2. The van der Waals surface area contributed by atoms with Gasteiger partial charge >= 0.3 is 0 Å². The molecular formula is C25H30FN7O2. The number of hydrogen-bond donors (Lipinski definition) is 3. The zero-order valence-electron chi connectivity index (χ0n) is 20.1. The summed E-state index contributed by atoms with van der Waals surface area (Å²) in [5.41, 5.74) is 2.80. The summed E-state index contributed by atoms with van der Waals surface area (Å²) in [5.74, 6) is -0.418. The van der Waals surface area contributed by atoms with E-state index in [9.17, 15) is 14.0 Å². The van der Waals surface area contributed by atoms with E-state index in [-0.39, 0.29) is 23.6 Å². The van der Waals surface area contributed by atoms with E-state index in [2.05, 4.69) is 30.9 Å². The molecule has 184 valence electrons. The third-order valence-electron chi connectivity index (χ3n) is 7.03. The van der Waals surface area contributed by atoms with Gasteiger partial charge in [0.25, 0.3) is 5.91 Å². The van der Waals surface area contributed by atoms with Gasteiger partial charge in [0.2, 0.25) is 11.9 Å². The Kier molecular flexibility index (Phi) is 6.12. The van der Waals surface area contributed by atoms with Crippen molar-refractivity contribution in [2.45, 2.75) is 59.0 Å². The maximum Gasteiger partial charge on any atom is 0.270 e. The molecule has 9 nitrogen and oxygen atoms in total. The highest BCUT2D eigenvalue weighted by molar-refractivity contribution is 6.00. The fraction of sp³-hybridized carbons (Fsp3) is 0.480. The van der Waals surface area contributed by atoms with Crippen LogP contribution in [-0.4, -0.2) is 42.8 Å². The highest BCUT2D eigenvalue weighted by Gasteiger charge is 2.48. The fourth-order valence-corrected chi connectivity index (χ4v) is 5.06. The number of anilines is 1. The molecule has 3 N–H and O–H groups in total. The van der Waals surface area contributed by atoms with E-state index in [0.29, 0.717) is 40.9 Å². The van der Waals surface area contributed by atoms with Crippen molar-refractivity contribution in [2.75, 3.05) is 5.32 Å². The molecule has 0 spiro atoms. The Morgan fingerprint density at radius 3 is 2.46 bits per heavy atom. The molecule has 5 rings (SSSR count). The smallest absolute Gasteiger partial charge is 0.270 e. The lowest BCUT2D eigenvalue weighted by Gasteiger charge is -2.27. The number of nitrogens with one attached hydrogen (secondary N) is 3. The van der Waals surface area contributed by atoms with Crippen molar-refractivity contribution in [3.05, 3.63) is 47.4 Å².